The van der Waals surface area contributed by atoms with Crippen molar-refractivity contribution in [3.63, 3.8) is 0 Å². The third kappa shape index (κ3) is 5.96. The van der Waals surface area contributed by atoms with E-state index in [1.165, 1.54) is 31.2 Å². The van der Waals surface area contributed by atoms with Gasteiger partial charge >= 0.3 is 0 Å². The number of hydrogen-bond donors (Lipinski definition) is 1. The maximum absolute atomic E-state index is 12.7. The zero-order chi connectivity index (χ0) is 17.2. The van der Waals surface area contributed by atoms with Crippen molar-refractivity contribution in [2.24, 2.45) is 5.92 Å². The van der Waals surface area contributed by atoms with Gasteiger partial charge in [0.15, 0.2) is 0 Å². The van der Waals surface area contributed by atoms with Crippen LogP contribution in [0, 0.1) is 5.92 Å². The molecule has 28 heavy (non-hydrogen) atoms. The lowest BCUT2D eigenvalue weighted by atomic mass is 9.89. The molecule has 2 bridgehead atoms. The van der Waals surface area contributed by atoms with Crippen LogP contribution < -0.4 is 5.32 Å². The predicted octanol–water partition coefficient (Wildman–Crippen LogP) is 3.47. The summed E-state index contributed by atoms with van der Waals surface area (Å²) in [7, 11) is 0. The van der Waals surface area contributed by atoms with Crippen molar-refractivity contribution < 1.29 is 4.79 Å². The van der Waals surface area contributed by atoms with Gasteiger partial charge in [0.05, 0.1) is 0 Å². The fourth-order valence-electron chi connectivity index (χ4n) is 4.91. The molecule has 8 heteroatoms. The lowest BCUT2D eigenvalue weighted by Crippen LogP contribution is -2.50. The molecule has 0 aromatic carbocycles. The summed E-state index contributed by atoms with van der Waals surface area (Å²) in [4.78, 5) is 21.5. The van der Waals surface area contributed by atoms with Crippen LogP contribution in [-0.4, -0.2) is 59.0 Å². The SMILES string of the molecule is CC(c1cccnc1)N1CCN(C(=O)CC2CC3CCC(C2)N3)CC1.Cl.Cl.Cl. The highest BCUT2D eigenvalue weighted by Crippen LogP contribution is 2.33. The molecule has 3 fully saturated rings. The summed E-state index contributed by atoms with van der Waals surface area (Å²) < 4.78 is 0. The number of carbonyl (C=O) groups excluding carboxylic acids is 1. The van der Waals surface area contributed by atoms with Crippen LogP contribution in [0.4, 0.5) is 0 Å². The number of pyridine rings is 1. The average molecular weight is 452 g/mol. The second kappa shape index (κ2) is 11.6. The Morgan fingerprint density at radius 1 is 1.14 bits per heavy atom. The molecule has 3 unspecified atom stereocenters. The van der Waals surface area contributed by atoms with Crippen molar-refractivity contribution >= 4 is 43.1 Å². The summed E-state index contributed by atoms with van der Waals surface area (Å²) in [5.41, 5.74) is 1.26. The van der Waals surface area contributed by atoms with E-state index in [0.717, 1.165) is 32.6 Å². The number of nitrogens with zero attached hydrogens (tertiary/aromatic N) is 3. The first-order valence-corrected chi connectivity index (χ1v) is 9.87. The molecule has 3 aliphatic rings. The van der Waals surface area contributed by atoms with Gasteiger partial charge in [-0.2, -0.15) is 0 Å². The summed E-state index contributed by atoms with van der Waals surface area (Å²) in [5, 5.41) is 3.67. The number of rotatable bonds is 4. The van der Waals surface area contributed by atoms with Gasteiger partial charge < -0.3 is 10.2 Å². The maximum atomic E-state index is 12.7. The van der Waals surface area contributed by atoms with Crippen LogP contribution in [0.3, 0.4) is 0 Å². The van der Waals surface area contributed by atoms with Gasteiger partial charge in [-0.25, -0.2) is 0 Å². The minimum absolute atomic E-state index is 0. The molecule has 1 aromatic heterocycles. The monoisotopic (exact) mass is 450 g/mol. The number of piperazine rings is 1. The quantitative estimate of drug-likeness (QED) is 0.761. The van der Waals surface area contributed by atoms with Crippen molar-refractivity contribution in [1.82, 2.24) is 20.1 Å². The number of aromatic nitrogens is 1. The van der Waals surface area contributed by atoms with Gasteiger partial charge in [0.25, 0.3) is 0 Å². The Morgan fingerprint density at radius 3 is 2.36 bits per heavy atom. The standard InChI is InChI=1S/C20H30N4O.3ClH/c1-15(17-3-2-6-21-14-17)23-7-9-24(10-8-23)20(25)13-16-11-18-4-5-19(12-16)22-18;;;/h2-3,6,14-16,18-19,22H,4-5,7-13H2,1H3;3*1H. The van der Waals surface area contributed by atoms with Crippen molar-refractivity contribution in [3.8, 4) is 0 Å². The van der Waals surface area contributed by atoms with E-state index in [2.05, 4.69) is 33.1 Å². The van der Waals surface area contributed by atoms with Gasteiger partial charge in [-0.15, -0.1) is 37.2 Å². The highest BCUT2D eigenvalue weighted by molar-refractivity contribution is 5.86. The number of piperidine rings is 1. The summed E-state index contributed by atoms with van der Waals surface area (Å²) in [5.74, 6) is 0.971. The van der Waals surface area contributed by atoms with Crippen molar-refractivity contribution in [2.75, 3.05) is 26.2 Å². The lowest BCUT2D eigenvalue weighted by Gasteiger charge is -2.39. The van der Waals surface area contributed by atoms with Gasteiger partial charge in [-0.3, -0.25) is 14.7 Å². The number of carbonyl (C=O) groups is 1. The van der Waals surface area contributed by atoms with E-state index in [1.807, 2.05) is 18.5 Å². The maximum Gasteiger partial charge on any atom is 0.222 e. The Morgan fingerprint density at radius 2 is 1.79 bits per heavy atom. The number of halogens is 3. The zero-order valence-corrected chi connectivity index (χ0v) is 18.9. The minimum atomic E-state index is 0. The molecule has 1 aromatic rings. The first kappa shape index (κ1) is 25.4. The number of hydrogen-bond acceptors (Lipinski definition) is 4. The molecule has 0 spiro atoms. The van der Waals surface area contributed by atoms with Crippen LogP contribution in [0.25, 0.3) is 0 Å². The molecule has 0 saturated carbocycles. The Kier molecular flexibility index (Phi) is 10.5. The van der Waals surface area contributed by atoms with Crippen LogP contribution in [0.1, 0.15) is 50.6 Å². The van der Waals surface area contributed by atoms with Crippen LogP contribution in [0.15, 0.2) is 24.5 Å². The topological polar surface area (TPSA) is 48.5 Å². The molecule has 4 heterocycles. The largest absolute Gasteiger partial charge is 0.340 e. The predicted molar refractivity (Wildman–Crippen MR) is 120 cm³/mol. The van der Waals surface area contributed by atoms with Crippen LogP contribution in [-0.2, 0) is 4.79 Å². The summed E-state index contributed by atoms with van der Waals surface area (Å²) in [6.07, 6.45) is 9.53. The molecule has 0 aliphatic carbocycles. The highest BCUT2D eigenvalue weighted by Gasteiger charge is 2.35. The molecule has 3 aliphatic heterocycles. The Bertz CT molecular complexity index is 586. The van der Waals surface area contributed by atoms with Crippen LogP contribution in [0.5, 0.6) is 0 Å². The Balaban J connectivity index is 0.00000131. The van der Waals surface area contributed by atoms with E-state index < -0.39 is 0 Å². The van der Waals surface area contributed by atoms with E-state index in [0.29, 0.717) is 30.0 Å². The van der Waals surface area contributed by atoms with Crippen molar-refractivity contribution in [2.45, 2.75) is 57.2 Å². The van der Waals surface area contributed by atoms with Gasteiger partial charge in [-0.1, -0.05) is 6.07 Å². The average Bonchev–Trinajstić information content (AvgIpc) is 3.00. The van der Waals surface area contributed by atoms with E-state index in [4.69, 9.17) is 0 Å². The minimum Gasteiger partial charge on any atom is -0.340 e. The lowest BCUT2D eigenvalue weighted by molar-refractivity contribution is -0.134. The van der Waals surface area contributed by atoms with Gasteiger partial charge in [0.1, 0.15) is 0 Å². The van der Waals surface area contributed by atoms with Crippen LogP contribution in [0.2, 0.25) is 0 Å². The second-order valence-corrected chi connectivity index (χ2v) is 8.06. The summed E-state index contributed by atoms with van der Waals surface area (Å²) >= 11 is 0. The normalized spacial score (nSPS) is 27.8. The van der Waals surface area contributed by atoms with Crippen molar-refractivity contribution in [3.05, 3.63) is 30.1 Å². The first-order chi connectivity index (χ1) is 12.2. The van der Waals surface area contributed by atoms with E-state index in [9.17, 15) is 4.79 Å². The second-order valence-electron chi connectivity index (χ2n) is 8.06. The van der Waals surface area contributed by atoms with E-state index in [1.54, 1.807) is 0 Å². The Labute approximate surface area is 187 Å². The molecule has 1 N–H and O–H groups in total. The molecule has 0 radical (unpaired) electrons. The molecule has 160 valence electrons. The van der Waals surface area contributed by atoms with Gasteiger partial charge in [0.2, 0.25) is 5.91 Å². The molecule has 3 saturated heterocycles. The fourth-order valence-corrected chi connectivity index (χ4v) is 4.91. The number of nitrogens with one attached hydrogen (secondary N) is 1. The molecular formula is C20H33Cl3N4O. The zero-order valence-electron chi connectivity index (χ0n) is 16.5. The fraction of sp³-hybridized carbons (Fsp3) is 0.700. The molecule has 4 rings (SSSR count). The number of fused-ring (bicyclic) bond motifs is 2. The molecule has 5 nitrogen and oxygen atoms in total. The molecular weight excluding hydrogens is 419 g/mol. The van der Waals surface area contributed by atoms with Crippen LogP contribution >= 0.6 is 37.2 Å². The third-order valence-corrected chi connectivity index (χ3v) is 6.42. The first-order valence-electron chi connectivity index (χ1n) is 9.87. The Hall–Kier alpha value is -0.590. The number of amides is 1. The van der Waals surface area contributed by atoms with Crippen molar-refractivity contribution in [1.29, 1.82) is 0 Å². The third-order valence-electron chi connectivity index (χ3n) is 6.42. The highest BCUT2D eigenvalue weighted by atomic mass is 35.5. The van der Waals surface area contributed by atoms with E-state index >= 15 is 0 Å². The van der Waals surface area contributed by atoms with E-state index in [-0.39, 0.29) is 37.2 Å². The summed E-state index contributed by atoms with van der Waals surface area (Å²) in [6.45, 7) is 5.88. The smallest absolute Gasteiger partial charge is 0.222 e. The van der Waals surface area contributed by atoms with Gasteiger partial charge in [-0.05, 0) is 50.2 Å². The molecule has 1 amide bonds. The van der Waals surface area contributed by atoms with Gasteiger partial charge in [0, 0.05) is 63.1 Å². The summed E-state index contributed by atoms with van der Waals surface area (Å²) in [6, 6.07) is 5.85. The molecule has 3 atom stereocenters.